The highest BCUT2D eigenvalue weighted by Gasteiger charge is 2.19. The van der Waals surface area contributed by atoms with Crippen molar-refractivity contribution < 1.29 is 28.9 Å². The molecule has 0 amide bonds. The fourth-order valence-electron chi connectivity index (χ4n) is 2.50. The van der Waals surface area contributed by atoms with Gasteiger partial charge in [0.25, 0.3) is 0 Å². The van der Waals surface area contributed by atoms with Crippen molar-refractivity contribution in [1.82, 2.24) is 9.97 Å². The molecule has 1 N–H and O–H groups in total. The molecule has 160 valence electrons. The lowest BCUT2D eigenvalue weighted by atomic mass is 10.2. The number of hydrogen-bond donors (Lipinski definition) is 1. The summed E-state index contributed by atoms with van der Waals surface area (Å²) in [5, 5.41) is 9.38. The SMILES string of the molecule is CC(C)(C)OC(=O)c1cnc(Oc2cc(OCc3ccccc3)cc(C(=O)O)c2)cn1. The second-order valence-corrected chi connectivity index (χ2v) is 7.62. The monoisotopic (exact) mass is 422 g/mol. The first-order chi connectivity index (χ1) is 14.7. The number of aromatic nitrogens is 2. The van der Waals surface area contributed by atoms with Crippen molar-refractivity contribution in [2.24, 2.45) is 0 Å². The number of benzene rings is 2. The number of carboxylic acid groups (broad SMARTS) is 1. The summed E-state index contributed by atoms with van der Waals surface area (Å²) in [6.45, 7) is 5.53. The summed E-state index contributed by atoms with van der Waals surface area (Å²) in [4.78, 5) is 31.6. The van der Waals surface area contributed by atoms with Crippen LogP contribution in [0.5, 0.6) is 17.4 Å². The van der Waals surface area contributed by atoms with Crippen molar-refractivity contribution in [3.8, 4) is 17.4 Å². The van der Waals surface area contributed by atoms with Crippen LogP contribution in [0.1, 0.15) is 47.2 Å². The predicted molar refractivity (Wildman–Crippen MR) is 111 cm³/mol. The van der Waals surface area contributed by atoms with E-state index in [1.54, 1.807) is 26.8 Å². The maximum atomic E-state index is 12.0. The summed E-state index contributed by atoms with van der Waals surface area (Å²) < 4.78 is 16.6. The first-order valence-electron chi connectivity index (χ1n) is 9.48. The normalized spacial score (nSPS) is 10.9. The minimum Gasteiger partial charge on any atom is -0.489 e. The van der Waals surface area contributed by atoms with Gasteiger partial charge in [-0.05, 0) is 38.5 Å². The number of esters is 1. The highest BCUT2D eigenvalue weighted by Crippen LogP contribution is 2.27. The van der Waals surface area contributed by atoms with E-state index in [0.29, 0.717) is 5.75 Å². The molecule has 2 aromatic carbocycles. The average molecular weight is 422 g/mol. The first kappa shape index (κ1) is 21.8. The number of ether oxygens (including phenoxy) is 3. The van der Waals surface area contributed by atoms with E-state index < -0.39 is 17.5 Å². The van der Waals surface area contributed by atoms with Gasteiger partial charge in [0.2, 0.25) is 5.88 Å². The van der Waals surface area contributed by atoms with Gasteiger partial charge < -0.3 is 19.3 Å². The van der Waals surface area contributed by atoms with Gasteiger partial charge in [0, 0.05) is 6.07 Å². The van der Waals surface area contributed by atoms with Crippen LogP contribution in [0.25, 0.3) is 0 Å². The quantitative estimate of drug-likeness (QED) is 0.555. The number of carboxylic acids is 1. The van der Waals surface area contributed by atoms with Crippen molar-refractivity contribution in [1.29, 1.82) is 0 Å². The van der Waals surface area contributed by atoms with Gasteiger partial charge in [-0.3, -0.25) is 0 Å². The molecule has 8 heteroatoms. The van der Waals surface area contributed by atoms with Gasteiger partial charge in [-0.2, -0.15) is 0 Å². The summed E-state index contributed by atoms with van der Waals surface area (Å²) in [6.07, 6.45) is 2.49. The summed E-state index contributed by atoms with van der Waals surface area (Å²) in [7, 11) is 0. The number of hydrogen-bond acceptors (Lipinski definition) is 7. The number of rotatable bonds is 7. The van der Waals surface area contributed by atoms with Gasteiger partial charge >= 0.3 is 11.9 Å². The van der Waals surface area contributed by atoms with Crippen LogP contribution in [-0.2, 0) is 11.3 Å². The molecule has 1 heterocycles. The highest BCUT2D eigenvalue weighted by molar-refractivity contribution is 5.88. The molecule has 0 aliphatic heterocycles. The molecule has 3 aromatic rings. The molecule has 8 nitrogen and oxygen atoms in total. The molecule has 0 radical (unpaired) electrons. The number of carbonyl (C=O) groups is 2. The standard InChI is InChI=1S/C23H22N2O6/c1-23(2,3)31-22(28)19-12-25-20(13-24-19)30-18-10-16(21(26)27)9-17(11-18)29-14-15-7-5-4-6-8-15/h4-13H,14H2,1-3H3,(H,26,27). The Hall–Kier alpha value is -3.94. The second kappa shape index (κ2) is 9.25. The maximum Gasteiger partial charge on any atom is 0.359 e. The third-order valence-electron chi connectivity index (χ3n) is 3.83. The zero-order valence-electron chi connectivity index (χ0n) is 17.4. The molecule has 3 rings (SSSR count). The van der Waals surface area contributed by atoms with Crippen molar-refractivity contribution in [3.05, 3.63) is 77.7 Å². The molecular weight excluding hydrogens is 400 g/mol. The van der Waals surface area contributed by atoms with E-state index in [1.165, 1.54) is 24.5 Å². The Morgan fingerprint density at radius 2 is 1.68 bits per heavy atom. The van der Waals surface area contributed by atoms with E-state index in [1.807, 2.05) is 30.3 Å². The minimum atomic E-state index is -1.12. The van der Waals surface area contributed by atoms with Gasteiger partial charge in [0.15, 0.2) is 5.69 Å². The van der Waals surface area contributed by atoms with Crippen LogP contribution in [0.2, 0.25) is 0 Å². The van der Waals surface area contributed by atoms with E-state index in [-0.39, 0.29) is 29.5 Å². The molecule has 31 heavy (non-hydrogen) atoms. The molecule has 0 fully saturated rings. The highest BCUT2D eigenvalue weighted by atomic mass is 16.6. The van der Waals surface area contributed by atoms with E-state index >= 15 is 0 Å². The van der Waals surface area contributed by atoms with E-state index in [4.69, 9.17) is 14.2 Å². The fourth-order valence-corrected chi connectivity index (χ4v) is 2.50. The third kappa shape index (κ3) is 6.53. The number of nitrogens with zero attached hydrogens (tertiary/aromatic N) is 2. The molecule has 0 aliphatic rings. The van der Waals surface area contributed by atoms with Crippen molar-refractivity contribution >= 4 is 11.9 Å². The molecule has 0 saturated heterocycles. The van der Waals surface area contributed by atoms with Crippen molar-refractivity contribution in [3.63, 3.8) is 0 Å². The molecule has 1 aromatic heterocycles. The molecule has 0 saturated carbocycles. The third-order valence-corrected chi connectivity index (χ3v) is 3.83. The Labute approximate surface area is 179 Å². The number of carbonyl (C=O) groups excluding carboxylic acids is 1. The summed E-state index contributed by atoms with van der Waals surface area (Å²) in [5.41, 5.74) is 0.322. The van der Waals surface area contributed by atoms with Crippen LogP contribution in [0.3, 0.4) is 0 Å². The van der Waals surface area contributed by atoms with Gasteiger partial charge in [0.05, 0.1) is 18.0 Å². The van der Waals surface area contributed by atoms with Crippen LogP contribution >= 0.6 is 0 Å². The molecule has 0 spiro atoms. The first-order valence-corrected chi connectivity index (χ1v) is 9.48. The minimum absolute atomic E-state index is 0.00102. The summed E-state index contributed by atoms with van der Waals surface area (Å²) >= 11 is 0. The van der Waals surface area contributed by atoms with Gasteiger partial charge in [-0.15, -0.1) is 0 Å². The Kier molecular flexibility index (Phi) is 6.49. The molecule has 0 unspecified atom stereocenters. The Morgan fingerprint density at radius 3 is 2.29 bits per heavy atom. The van der Waals surface area contributed by atoms with E-state index in [9.17, 15) is 14.7 Å². The van der Waals surface area contributed by atoms with Crippen LogP contribution in [0, 0.1) is 0 Å². The second-order valence-electron chi connectivity index (χ2n) is 7.62. The van der Waals surface area contributed by atoms with Gasteiger partial charge in [-0.1, -0.05) is 30.3 Å². The molecule has 0 bridgehead atoms. The van der Waals surface area contributed by atoms with E-state index in [2.05, 4.69) is 9.97 Å². The summed E-state index contributed by atoms with van der Waals surface area (Å²) in [5.74, 6) is -1.10. The predicted octanol–water partition coefficient (Wildman–Crippen LogP) is 4.50. The lowest BCUT2D eigenvalue weighted by molar-refractivity contribution is 0.00620. The topological polar surface area (TPSA) is 108 Å². The van der Waals surface area contributed by atoms with Crippen LogP contribution in [-0.4, -0.2) is 32.6 Å². The van der Waals surface area contributed by atoms with Crippen LogP contribution in [0.15, 0.2) is 60.9 Å². The summed E-state index contributed by atoms with van der Waals surface area (Å²) in [6, 6.07) is 13.8. The lowest BCUT2D eigenvalue weighted by Crippen LogP contribution is -2.24. The van der Waals surface area contributed by atoms with Gasteiger partial charge in [0.1, 0.15) is 23.7 Å². The molecular formula is C23H22N2O6. The van der Waals surface area contributed by atoms with Crippen molar-refractivity contribution in [2.75, 3.05) is 0 Å². The smallest absolute Gasteiger partial charge is 0.359 e. The number of aromatic carboxylic acids is 1. The fraction of sp³-hybridized carbons (Fsp3) is 0.217. The largest absolute Gasteiger partial charge is 0.489 e. The zero-order chi connectivity index (χ0) is 22.4. The van der Waals surface area contributed by atoms with Crippen molar-refractivity contribution in [2.45, 2.75) is 33.0 Å². The average Bonchev–Trinajstić information content (AvgIpc) is 2.72. The lowest BCUT2D eigenvalue weighted by Gasteiger charge is -2.18. The Morgan fingerprint density at radius 1 is 0.968 bits per heavy atom. The van der Waals surface area contributed by atoms with Gasteiger partial charge in [-0.25, -0.2) is 19.6 Å². The van der Waals surface area contributed by atoms with E-state index in [0.717, 1.165) is 5.56 Å². The molecule has 0 aliphatic carbocycles. The van der Waals surface area contributed by atoms with Crippen LogP contribution in [0.4, 0.5) is 0 Å². The maximum absolute atomic E-state index is 12.0. The van der Waals surface area contributed by atoms with Crippen LogP contribution < -0.4 is 9.47 Å². The Bertz CT molecular complexity index is 1060. The molecule has 0 atom stereocenters. The zero-order valence-corrected chi connectivity index (χ0v) is 17.4. The Balaban J connectivity index is 1.75.